The summed E-state index contributed by atoms with van der Waals surface area (Å²) in [6.45, 7) is 9.36. The fraction of sp³-hybridized carbons (Fsp3) is 0.897. The van der Waals surface area contributed by atoms with Crippen LogP contribution in [0.25, 0.3) is 0 Å². The van der Waals surface area contributed by atoms with E-state index in [1.54, 1.807) is 5.82 Å². The van der Waals surface area contributed by atoms with Gasteiger partial charge >= 0.3 is 0 Å². The van der Waals surface area contributed by atoms with Crippen molar-refractivity contribution in [3.8, 4) is 0 Å². The second kappa shape index (κ2) is 21.1. The molecular formula is C29H57N2+. The largest absolute Gasteiger partial charge is 0.256 e. The highest BCUT2D eigenvalue weighted by atomic mass is 15.1. The summed E-state index contributed by atoms with van der Waals surface area (Å²) in [5.74, 6) is 1.60. The van der Waals surface area contributed by atoms with Crippen molar-refractivity contribution >= 4 is 0 Å². The molecule has 0 aliphatic rings. The van der Waals surface area contributed by atoms with Crippen molar-refractivity contribution in [1.29, 1.82) is 0 Å². The van der Waals surface area contributed by atoms with E-state index in [2.05, 4.69) is 42.3 Å². The van der Waals surface area contributed by atoms with Gasteiger partial charge in [0, 0.05) is 6.42 Å². The topological polar surface area (TPSA) is 8.81 Å². The van der Waals surface area contributed by atoms with Crippen LogP contribution in [0, 0.1) is 0 Å². The Balaban J connectivity index is 2.36. The number of aromatic nitrogens is 2. The second-order valence-electron chi connectivity index (χ2n) is 9.86. The minimum atomic E-state index is 1.22. The molecule has 1 aromatic rings. The van der Waals surface area contributed by atoms with Gasteiger partial charge in [0.1, 0.15) is 12.4 Å². The zero-order valence-corrected chi connectivity index (χ0v) is 21.8. The van der Waals surface area contributed by atoms with Crippen molar-refractivity contribution in [2.24, 2.45) is 0 Å². The monoisotopic (exact) mass is 433 g/mol. The third kappa shape index (κ3) is 14.8. The van der Waals surface area contributed by atoms with Crippen LogP contribution in [-0.4, -0.2) is 4.57 Å². The van der Waals surface area contributed by atoms with Gasteiger partial charge in [-0.05, 0) is 32.1 Å². The van der Waals surface area contributed by atoms with Gasteiger partial charge in [-0.3, -0.25) is 0 Å². The molecule has 0 saturated carbocycles. The molecular weight excluding hydrogens is 376 g/mol. The molecule has 0 radical (unpaired) electrons. The van der Waals surface area contributed by atoms with E-state index in [4.69, 9.17) is 0 Å². The molecule has 0 N–H and O–H groups in total. The molecule has 31 heavy (non-hydrogen) atoms. The number of hydrogen-bond acceptors (Lipinski definition) is 0. The Bertz CT molecular complexity index is 491. The van der Waals surface area contributed by atoms with E-state index in [9.17, 15) is 0 Å². The van der Waals surface area contributed by atoms with Crippen LogP contribution in [-0.2, 0) is 19.5 Å². The number of nitrogens with zero attached hydrogens (tertiary/aromatic N) is 2. The fourth-order valence-corrected chi connectivity index (χ4v) is 4.73. The Morgan fingerprint density at radius 1 is 0.548 bits per heavy atom. The summed E-state index contributed by atoms with van der Waals surface area (Å²) < 4.78 is 5.18. The van der Waals surface area contributed by atoms with Crippen LogP contribution in [0.4, 0.5) is 0 Å². The Kier molecular flexibility index (Phi) is 19.2. The summed E-state index contributed by atoms with van der Waals surface area (Å²) in [6.07, 6.45) is 34.0. The molecule has 2 nitrogen and oxygen atoms in total. The molecule has 0 spiro atoms. The quantitative estimate of drug-likeness (QED) is 0.120. The molecule has 0 fully saturated rings. The first-order valence-corrected chi connectivity index (χ1v) is 14.4. The molecule has 0 aromatic carbocycles. The second-order valence-corrected chi connectivity index (χ2v) is 9.86. The van der Waals surface area contributed by atoms with E-state index in [0.29, 0.717) is 0 Å². The van der Waals surface area contributed by atoms with Gasteiger partial charge in [-0.1, -0.05) is 117 Å². The van der Waals surface area contributed by atoms with Crippen LogP contribution >= 0.6 is 0 Å². The molecule has 0 bridgehead atoms. The minimum absolute atomic E-state index is 1.22. The van der Waals surface area contributed by atoms with E-state index in [-0.39, 0.29) is 0 Å². The van der Waals surface area contributed by atoms with Crippen LogP contribution in [0.2, 0.25) is 0 Å². The Labute approximate surface area is 196 Å². The maximum atomic E-state index is 2.59. The average Bonchev–Trinajstić information content (AvgIpc) is 3.16. The molecule has 182 valence electrons. The Morgan fingerprint density at radius 3 is 1.55 bits per heavy atom. The number of imidazole rings is 1. The Morgan fingerprint density at radius 2 is 1.00 bits per heavy atom. The molecule has 1 rings (SSSR count). The van der Waals surface area contributed by atoms with E-state index >= 15 is 0 Å². The van der Waals surface area contributed by atoms with Crippen molar-refractivity contribution in [2.75, 3.05) is 0 Å². The van der Waals surface area contributed by atoms with E-state index in [0.717, 1.165) is 0 Å². The van der Waals surface area contributed by atoms with Crippen molar-refractivity contribution in [2.45, 2.75) is 169 Å². The fourth-order valence-electron chi connectivity index (χ4n) is 4.73. The van der Waals surface area contributed by atoms with Gasteiger partial charge in [0.2, 0.25) is 0 Å². The van der Waals surface area contributed by atoms with Crippen molar-refractivity contribution in [3.05, 3.63) is 18.2 Å². The standard InChI is InChI=1S/C29H57N2/c1-4-7-10-13-15-16-17-19-21-24-29-30(25-22-12-9-6-3)27-28-31(29)26-23-20-18-14-11-8-5-2/h27-28H,4-26H2,1-3H3/q+1. The summed E-state index contributed by atoms with van der Waals surface area (Å²) >= 11 is 0. The van der Waals surface area contributed by atoms with Crippen molar-refractivity contribution in [1.82, 2.24) is 4.57 Å². The highest BCUT2D eigenvalue weighted by Crippen LogP contribution is 2.13. The minimum Gasteiger partial charge on any atom is -0.234 e. The average molecular weight is 434 g/mol. The predicted octanol–water partition coefficient (Wildman–Crippen LogP) is 9.18. The van der Waals surface area contributed by atoms with Gasteiger partial charge in [-0.15, -0.1) is 0 Å². The molecule has 1 aromatic heterocycles. The number of hydrogen-bond donors (Lipinski definition) is 0. The number of rotatable bonds is 23. The highest BCUT2D eigenvalue weighted by molar-refractivity contribution is 4.84. The lowest BCUT2D eigenvalue weighted by Crippen LogP contribution is -2.37. The third-order valence-electron chi connectivity index (χ3n) is 6.85. The lowest BCUT2D eigenvalue weighted by Gasteiger charge is -2.07. The van der Waals surface area contributed by atoms with E-state index in [1.807, 2.05) is 0 Å². The lowest BCUT2D eigenvalue weighted by atomic mass is 10.1. The molecule has 0 aliphatic carbocycles. The molecule has 0 atom stereocenters. The molecule has 0 unspecified atom stereocenters. The van der Waals surface area contributed by atoms with Gasteiger partial charge in [0.05, 0.1) is 13.1 Å². The normalized spacial score (nSPS) is 11.5. The first-order valence-electron chi connectivity index (χ1n) is 14.4. The number of aryl methyl sites for hydroxylation is 2. The SMILES string of the molecule is CCCCCCCCCCCc1n(CCCCCC)cc[n+]1CCCCCCCCC. The highest BCUT2D eigenvalue weighted by Gasteiger charge is 2.16. The third-order valence-corrected chi connectivity index (χ3v) is 6.85. The van der Waals surface area contributed by atoms with Gasteiger partial charge in [-0.2, -0.15) is 0 Å². The van der Waals surface area contributed by atoms with Gasteiger partial charge < -0.3 is 0 Å². The maximum Gasteiger partial charge on any atom is 0.256 e. The van der Waals surface area contributed by atoms with Crippen LogP contribution in [0.15, 0.2) is 12.4 Å². The van der Waals surface area contributed by atoms with E-state index < -0.39 is 0 Å². The molecule has 0 saturated heterocycles. The van der Waals surface area contributed by atoms with Crippen LogP contribution in [0.1, 0.15) is 155 Å². The lowest BCUT2D eigenvalue weighted by molar-refractivity contribution is -0.704. The first-order chi connectivity index (χ1) is 15.3. The zero-order valence-electron chi connectivity index (χ0n) is 21.8. The van der Waals surface area contributed by atoms with Crippen LogP contribution in [0.5, 0.6) is 0 Å². The van der Waals surface area contributed by atoms with Crippen molar-refractivity contribution < 1.29 is 4.57 Å². The summed E-state index contributed by atoms with van der Waals surface area (Å²) in [5, 5.41) is 0. The van der Waals surface area contributed by atoms with E-state index in [1.165, 1.54) is 148 Å². The Hall–Kier alpha value is -0.790. The van der Waals surface area contributed by atoms with Crippen molar-refractivity contribution in [3.63, 3.8) is 0 Å². The molecule has 0 amide bonds. The zero-order chi connectivity index (χ0) is 22.4. The summed E-state index contributed by atoms with van der Waals surface area (Å²) in [6, 6.07) is 0. The molecule has 0 aliphatic heterocycles. The van der Waals surface area contributed by atoms with Gasteiger partial charge in [0.25, 0.3) is 5.82 Å². The van der Waals surface area contributed by atoms with Gasteiger partial charge in [0.15, 0.2) is 0 Å². The number of unbranched alkanes of at least 4 members (excludes halogenated alkanes) is 17. The maximum absolute atomic E-state index is 2.59. The first kappa shape index (κ1) is 28.2. The molecule has 2 heteroatoms. The summed E-state index contributed by atoms with van der Waals surface area (Å²) in [5.41, 5.74) is 0. The van der Waals surface area contributed by atoms with Gasteiger partial charge in [-0.25, -0.2) is 9.13 Å². The summed E-state index contributed by atoms with van der Waals surface area (Å²) in [7, 11) is 0. The predicted molar refractivity (Wildman–Crippen MR) is 138 cm³/mol. The smallest absolute Gasteiger partial charge is 0.234 e. The van der Waals surface area contributed by atoms with Crippen LogP contribution < -0.4 is 4.57 Å². The molecule has 1 heterocycles. The van der Waals surface area contributed by atoms with Crippen LogP contribution in [0.3, 0.4) is 0 Å². The summed E-state index contributed by atoms with van der Waals surface area (Å²) in [4.78, 5) is 0.